The molecule has 0 aliphatic heterocycles. The lowest BCUT2D eigenvalue weighted by atomic mass is 10.2. The van der Waals surface area contributed by atoms with E-state index in [0.717, 1.165) is 6.42 Å². The average molecular weight is 142 g/mol. The summed E-state index contributed by atoms with van der Waals surface area (Å²) in [5.41, 5.74) is 10.9. The Morgan fingerprint density at radius 1 is 1.50 bits per heavy atom. The summed E-state index contributed by atoms with van der Waals surface area (Å²) >= 11 is 0. The molecule has 2 nitrogen and oxygen atoms in total. The van der Waals surface area contributed by atoms with Gasteiger partial charge >= 0.3 is 0 Å². The Labute approximate surface area is 63.3 Å². The average Bonchev–Trinajstić information content (AvgIpc) is 1.98. The highest BCUT2D eigenvalue weighted by molar-refractivity contribution is 4.91. The third-order valence-corrected chi connectivity index (χ3v) is 1.38. The van der Waals surface area contributed by atoms with Crippen LogP contribution in [-0.4, -0.2) is 12.6 Å². The van der Waals surface area contributed by atoms with Crippen molar-refractivity contribution in [2.24, 2.45) is 11.5 Å². The molecule has 0 saturated heterocycles. The molecule has 0 heterocycles. The van der Waals surface area contributed by atoms with Crippen molar-refractivity contribution in [2.75, 3.05) is 6.54 Å². The highest BCUT2D eigenvalue weighted by Gasteiger charge is 1.88. The van der Waals surface area contributed by atoms with Crippen LogP contribution in [0.3, 0.4) is 0 Å². The van der Waals surface area contributed by atoms with Gasteiger partial charge in [-0.15, -0.1) is 0 Å². The van der Waals surface area contributed by atoms with Crippen molar-refractivity contribution in [1.29, 1.82) is 0 Å². The molecule has 0 saturated carbocycles. The minimum absolute atomic E-state index is 0.0526. The summed E-state index contributed by atoms with van der Waals surface area (Å²) in [5, 5.41) is 0. The first kappa shape index (κ1) is 9.66. The van der Waals surface area contributed by atoms with Crippen LogP contribution in [-0.2, 0) is 0 Å². The summed E-state index contributed by atoms with van der Waals surface area (Å²) in [6, 6.07) is 0.0526. The molecule has 0 aromatic rings. The maximum Gasteiger partial charge on any atom is 0.0348 e. The van der Waals surface area contributed by atoms with Crippen molar-refractivity contribution in [2.45, 2.75) is 32.2 Å². The first-order valence-electron chi connectivity index (χ1n) is 3.93. The minimum Gasteiger partial charge on any atom is -0.329 e. The molecule has 0 amide bonds. The van der Waals surface area contributed by atoms with Crippen LogP contribution in [0.25, 0.3) is 0 Å². The van der Waals surface area contributed by atoms with Gasteiger partial charge in [-0.25, -0.2) is 0 Å². The van der Waals surface area contributed by atoms with E-state index in [0.29, 0.717) is 6.54 Å². The van der Waals surface area contributed by atoms with Gasteiger partial charge in [0, 0.05) is 12.6 Å². The summed E-state index contributed by atoms with van der Waals surface area (Å²) in [6.07, 6.45) is 7.71. The molecule has 1 unspecified atom stereocenters. The van der Waals surface area contributed by atoms with Crippen molar-refractivity contribution in [3.8, 4) is 0 Å². The van der Waals surface area contributed by atoms with E-state index in [1.807, 2.05) is 6.08 Å². The zero-order valence-corrected chi connectivity index (χ0v) is 6.72. The standard InChI is InChI=1S/C8H18N2/c1-2-3-4-5-6-8(10)7-9/h5-6,8H,2-4,7,9-10H2,1H3. The smallest absolute Gasteiger partial charge is 0.0348 e. The summed E-state index contributed by atoms with van der Waals surface area (Å²) in [7, 11) is 0. The van der Waals surface area contributed by atoms with Gasteiger partial charge in [0.05, 0.1) is 0 Å². The number of hydrogen-bond acceptors (Lipinski definition) is 2. The number of rotatable bonds is 5. The Balaban J connectivity index is 3.18. The van der Waals surface area contributed by atoms with Gasteiger partial charge in [-0.1, -0.05) is 31.9 Å². The van der Waals surface area contributed by atoms with Crippen molar-refractivity contribution >= 4 is 0 Å². The predicted molar refractivity (Wildman–Crippen MR) is 45.7 cm³/mol. The van der Waals surface area contributed by atoms with E-state index in [1.165, 1.54) is 12.8 Å². The van der Waals surface area contributed by atoms with Crippen molar-refractivity contribution < 1.29 is 0 Å². The molecule has 0 rings (SSSR count). The van der Waals surface area contributed by atoms with Crippen LogP contribution >= 0.6 is 0 Å². The number of nitrogens with two attached hydrogens (primary N) is 2. The van der Waals surface area contributed by atoms with Crippen LogP contribution < -0.4 is 11.5 Å². The molecule has 0 fully saturated rings. The van der Waals surface area contributed by atoms with Gasteiger partial charge in [0.15, 0.2) is 0 Å². The van der Waals surface area contributed by atoms with Crippen molar-refractivity contribution in [3.05, 3.63) is 12.2 Å². The molecule has 0 aliphatic carbocycles. The molecule has 1 atom stereocenters. The SMILES string of the molecule is CCCCC=CC(N)CN. The molecular formula is C8H18N2. The van der Waals surface area contributed by atoms with Crippen LogP contribution in [0.4, 0.5) is 0 Å². The van der Waals surface area contributed by atoms with Crippen LogP contribution in [0, 0.1) is 0 Å². The van der Waals surface area contributed by atoms with Gasteiger partial charge in [-0.05, 0) is 6.42 Å². The largest absolute Gasteiger partial charge is 0.329 e. The second-order valence-electron chi connectivity index (χ2n) is 2.47. The third-order valence-electron chi connectivity index (χ3n) is 1.38. The van der Waals surface area contributed by atoms with Crippen LogP contribution in [0.5, 0.6) is 0 Å². The molecule has 2 heteroatoms. The second kappa shape index (κ2) is 6.78. The lowest BCUT2D eigenvalue weighted by molar-refractivity contribution is 0.790. The van der Waals surface area contributed by atoms with Gasteiger partial charge in [0.2, 0.25) is 0 Å². The van der Waals surface area contributed by atoms with Gasteiger partial charge in [0.1, 0.15) is 0 Å². The first-order chi connectivity index (χ1) is 4.81. The van der Waals surface area contributed by atoms with E-state index in [-0.39, 0.29) is 6.04 Å². The second-order valence-corrected chi connectivity index (χ2v) is 2.47. The van der Waals surface area contributed by atoms with Crippen molar-refractivity contribution in [3.63, 3.8) is 0 Å². The van der Waals surface area contributed by atoms with E-state index < -0.39 is 0 Å². The number of unbranched alkanes of at least 4 members (excludes halogenated alkanes) is 2. The highest BCUT2D eigenvalue weighted by atomic mass is 14.7. The molecule has 0 aromatic heterocycles. The molecule has 0 aliphatic rings. The summed E-state index contributed by atoms with van der Waals surface area (Å²) < 4.78 is 0. The lowest BCUT2D eigenvalue weighted by Gasteiger charge is -1.99. The molecule has 4 N–H and O–H groups in total. The summed E-state index contributed by atoms with van der Waals surface area (Å²) in [6.45, 7) is 2.72. The molecule has 0 spiro atoms. The highest BCUT2D eigenvalue weighted by Crippen LogP contribution is 1.94. The topological polar surface area (TPSA) is 52.0 Å². The normalized spacial score (nSPS) is 14.3. The molecular weight excluding hydrogens is 124 g/mol. The zero-order valence-electron chi connectivity index (χ0n) is 6.72. The fraction of sp³-hybridized carbons (Fsp3) is 0.750. The fourth-order valence-electron chi connectivity index (χ4n) is 0.672. The van der Waals surface area contributed by atoms with Crippen molar-refractivity contribution in [1.82, 2.24) is 0 Å². The minimum atomic E-state index is 0.0526. The molecule has 0 aromatic carbocycles. The van der Waals surface area contributed by atoms with E-state index in [9.17, 15) is 0 Å². The summed E-state index contributed by atoms with van der Waals surface area (Å²) in [4.78, 5) is 0. The Bertz CT molecular complexity index is 89.3. The number of allylic oxidation sites excluding steroid dienone is 1. The first-order valence-corrected chi connectivity index (χ1v) is 3.93. The maximum atomic E-state index is 5.54. The third kappa shape index (κ3) is 5.79. The summed E-state index contributed by atoms with van der Waals surface area (Å²) in [5.74, 6) is 0. The maximum absolute atomic E-state index is 5.54. The van der Waals surface area contributed by atoms with E-state index in [1.54, 1.807) is 0 Å². The Morgan fingerprint density at radius 3 is 2.70 bits per heavy atom. The van der Waals surface area contributed by atoms with E-state index in [4.69, 9.17) is 11.5 Å². The number of hydrogen-bond donors (Lipinski definition) is 2. The quantitative estimate of drug-likeness (QED) is 0.445. The zero-order chi connectivity index (χ0) is 7.82. The van der Waals surface area contributed by atoms with Gasteiger partial charge < -0.3 is 11.5 Å². The fourth-order valence-corrected chi connectivity index (χ4v) is 0.672. The monoisotopic (exact) mass is 142 g/mol. The van der Waals surface area contributed by atoms with Gasteiger partial charge in [-0.2, -0.15) is 0 Å². The van der Waals surface area contributed by atoms with Gasteiger partial charge in [-0.3, -0.25) is 0 Å². The van der Waals surface area contributed by atoms with Crippen LogP contribution in [0.1, 0.15) is 26.2 Å². The molecule has 0 radical (unpaired) electrons. The molecule has 60 valence electrons. The lowest BCUT2D eigenvalue weighted by Crippen LogP contribution is -2.26. The molecule has 0 bridgehead atoms. The predicted octanol–water partition coefficient (Wildman–Crippen LogP) is 1.02. The Hall–Kier alpha value is -0.340. The van der Waals surface area contributed by atoms with E-state index in [2.05, 4.69) is 13.0 Å². The molecule has 10 heavy (non-hydrogen) atoms. The van der Waals surface area contributed by atoms with Gasteiger partial charge in [0.25, 0.3) is 0 Å². The Kier molecular flexibility index (Phi) is 6.55. The van der Waals surface area contributed by atoms with Crippen LogP contribution in [0.15, 0.2) is 12.2 Å². The van der Waals surface area contributed by atoms with E-state index >= 15 is 0 Å². The van der Waals surface area contributed by atoms with Crippen LogP contribution in [0.2, 0.25) is 0 Å². The Morgan fingerprint density at radius 2 is 2.20 bits per heavy atom.